The van der Waals surface area contributed by atoms with Crippen LogP contribution >= 0.6 is 0 Å². The highest BCUT2D eigenvalue weighted by atomic mass is 28.4. The van der Waals surface area contributed by atoms with Crippen LogP contribution in [0.25, 0.3) is 0 Å². The van der Waals surface area contributed by atoms with Gasteiger partial charge >= 0.3 is 12.1 Å². The van der Waals surface area contributed by atoms with E-state index >= 15 is 0 Å². The summed E-state index contributed by atoms with van der Waals surface area (Å²) in [6.07, 6.45) is 7.83. The number of cyclic esters (lactones) is 1. The van der Waals surface area contributed by atoms with E-state index in [1.54, 1.807) is 26.0 Å². The Bertz CT molecular complexity index is 1160. The first-order chi connectivity index (χ1) is 22.1. The van der Waals surface area contributed by atoms with Gasteiger partial charge < -0.3 is 39.3 Å². The number of rotatable bonds is 12. The van der Waals surface area contributed by atoms with Crippen molar-refractivity contribution in [3.8, 4) is 0 Å². The minimum absolute atomic E-state index is 0.00965. The number of aliphatic hydroxyl groups is 3. The highest BCUT2D eigenvalue weighted by molar-refractivity contribution is 6.74. The van der Waals surface area contributed by atoms with Crippen LogP contribution in [0.4, 0.5) is 4.79 Å². The fourth-order valence-electron chi connectivity index (χ4n) is 5.81. The second-order valence-corrected chi connectivity index (χ2v) is 20.6. The van der Waals surface area contributed by atoms with E-state index in [-0.39, 0.29) is 53.9 Å². The number of nitrogens with one attached hydrogen (secondary N) is 1. The van der Waals surface area contributed by atoms with Gasteiger partial charge in [-0.15, -0.1) is 0 Å². The molecule has 48 heavy (non-hydrogen) atoms. The number of hydrogen-bond donors (Lipinski definition) is 4. The number of amides is 1. The standard InChI is InChI=1S/C37H65NO9Si/c1-13-28(39)27(6)33-29(44-33)22-24(3)16-15-17-25(4)32-26(5)18-19-30(45-34(41)38-14-2)36(10,42)20-21-37(43,23-31(40)46-32)47-48(11,12)35(7,8)9/h15-19,24,26-30,32-33,39,42-43H,13-14,20-23H2,1-12H3,(H,38,41)/b16-15+,19-18+,25-17+. The lowest BCUT2D eigenvalue weighted by Gasteiger charge is -2.44. The molecule has 0 saturated carbocycles. The molecule has 0 aromatic rings. The Balaban J connectivity index is 2.37. The van der Waals surface area contributed by atoms with E-state index in [9.17, 15) is 24.9 Å². The van der Waals surface area contributed by atoms with Crippen LogP contribution in [0.2, 0.25) is 18.1 Å². The van der Waals surface area contributed by atoms with Gasteiger partial charge in [0.2, 0.25) is 0 Å². The number of alkyl carbamates (subject to hydrolysis) is 1. The molecule has 0 radical (unpaired) electrons. The molecular formula is C37H65NO9Si. The topological polar surface area (TPSA) is 147 Å². The molecule has 1 amide bonds. The summed E-state index contributed by atoms with van der Waals surface area (Å²) in [7, 11) is -2.58. The van der Waals surface area contributed by atoms with Crippen LogP contribution in [0.15, 0.2) is 36.0 Å². The van der Waals surface area contributed by atoms with Crippen LogP contribution in [-0.4, -0.2) is 84.2 Å². The molecule has 276 valence electrons. The molecule has 0 spiro atoms. The van der Waals surface area contributed by atoms with E-state index in [0.717, 1.165) is 12.0 Å². The van der Waals surface area contributed by atoms with Crippen molar-refractivity contribution in [2.45, 2.75) is 161 Å². The molecule has 2 heterocycles. The van der Waals surface area contributed by atoms with Crippen molar-refractivity contribution in [3.05, 3.63) is 36.0 Å². The molecule has 2 aliphatic heterocycles. The molecule has 11 heteroatoms. The van der Waals surface area contributed by atoms with Crippen LogP contribution in [0, 0.1) is 17.8 Å². The smallest absolute Gasteiger partial charge is 0.407 e. The first kappa shape index (κ1) is 42.1. The second-order valence-electron chi connectivity index (χ2n) is 15.8. The van der Waals surface area contributed by atoms with Crippen molar-refractivity contribution in [1.82, 2.24) is 5.32 Å². The first-order valence-corrected chi connectivity index (χ1v) is 20.6. The molecule has 1 saturated heterocycles. The van der Waals surface area contributed by atoms with Crippen LogP contribution in [0.1, 0.15) is 101 Å². The predicted molar refractivity (Wildman–Crippen MR) is 191 cm³/mol. The Morgan fingerprint density at radius 1 is 1.19 bits per heavy atom. The third kappa shape index (κ3) is 12.4. The summed E-state index contributed by atoms with van der Waals surface area (Å²) in [5.74, 6) is -2.56. The number of epoxide rings is 1. The largest absolute Gasteiger partial charge is 0.457 e. The van der Waals surface area contributed by atoms with E-state index in [0.29, 0.717) is 13.0 Å². The SMILES string of the molecule is CCNC(=O)OC1/C=C/C(C)C(/C(C)=C/C=C/C(C)CC2OC2C(C)C(O)CC)OC(=O)CC(O)(O[Si](C)(C)C(C)(C)C)CCC1(C)O. The minimum Gasteiger partial charge on any atom is -0.457 e. The maximum absolute atomic E-state index is 13.5. The van der Waals surface area contributed by atoms with Crippen molar-refractivity contribution in [2.24, 2.45) is 17.8 Å². The Kier molecular flexibility index (Phi) is 15.2. The number of carbonyl (C=O) groups excluding carboxylic acids is 2. The van der Waals surface area contributed by atoms with Crippen LogP contribution in [0.3, 0.4) is 0 Å². The maximum Gasteiger partial charge on any atom is 0.407 e. The summed E-state index contributed by atoms with van der Waals surface area (Å²) in [6.45, 7) is 23.7. The molecule has 0 bridgehead atoms. The Hall–Kier alpha value is -2.02. The molecule has 2 aliphatic rings. The van der Waals surface area contributed by atoms with Gasteiger partial charge in [0.25, 0.3) is 0 Å². The monoisotopic (exact) mass is 695 g/mol. The van der Waals surface area contributed by atoms with Gasteiger partial charge in [-0.05, 0) is 75.7 Å². The normalized spacial score (nSPS) is 33.5. The van der Waals surface area contributed by atoms with Crippen molar-refractivity contribution < 1.29 is 43.5 Å². The average molecular weight is 696 g/mol. The van der Waals surface area contributed by atoms with Crippen molar-refractivity contribution in [3.63, 3.8) is 0 Å². The first-order valence-electron chi connectivity index (χ1n) is 17.7. The highest BCUT2D eigenvalue weighted by Crippen LogP contribution is 2.42. The minimum atomic E-state index is -2.58. The van der Waals surface area contributed by atoms with E-state index in [2.05, 4.69) is 18.3 Å². The lowest BCUT2D eigenvalue weighted by Crippen LogP contribution is -2.52. The number of carbonyl (C=O) groups is 2. The summed E-state index contributed by atoms with van der Waals surface area (Å²) in [6, 6.07) is 0. The quantitative estimate of drug-likeness (QED) is 0.0446. The molecule has 1 fully saturated rings. The molecule has 10 nitrogen and oxygen atoms in total. The van der Waals surface area contributed by atoms with Crippen molar-refractivity contribution in [2.75, 3.05) is 6.54 Å². The number of aliphatic hydroxyl groups excluding tert-OH is 1. The van der Waals surface area contributed by atoms with Gasteiger partial charge in [0, 0.05) is 24.8 Å². The van der Waals surface area contributed by atoms with E-state index in [1.807, 2.05) is 73.7 Å². The van der Waals surface area contributed by atoms with Gasteiger partial charge in [0.1, 0.15) is 11.7 Å². The molecule has 10 unspecified atom stereocenters. The fraction of sp³-hybridized carbons (Fsp3) is 0.784. The highest BCUT2D eigenvalue weighted by Gasteiger charge is 2.48. The van der Waals surface area contributed by atoms with Gasteiger partial charge in [-0.2, -0.15) is 0 Å². The summed E-state index contributed by atoms with van der Waals surface area (Å²) in [5, 5.41) is 36.0. The second kappa shape index (κ2) is 17.3. The molecule has 2 rings (SSSR count). The van der Waals surface area contributed by atoms with Gasteiger partial charge in [0.15, 0.2) is 20.2 Å². The summed E-state index contributed by atoms with van der Waals surface area (Å²) >= 11 is 0. The Morgan fingerprint density at radius 3 is 2.42 bits per heavy atom. The molecule has 10 atom stereocenters. The fourth-order valence-corrected chi connectivity index (χ4v) is 7.24. The molecule has 0 aromatic carbocycles. The number of ether oxygens (including phenoxy) is 3. The number of hydrogen-bond acceptors (Lipinski definition) is 9. The zero-order valence-electron chi connectivity index (χ0n) is 31.5. The predicted octanol–water partition coefficient (Wildman–Crippen LogP) is 6.55. The van der Waals surface area contributed by atoms with Crippen LogP contribution in [-0.2, 0) is 23.4 Å². The molecule has 4 N–H and O–H groups in total. The number of allylic oxidation sites excluding steroid dienone is 3. The maximum atomic E-state index is 13.5. The van der Waals surface area contributed by atoms with Gasteiger partial charge in [-0.25, -0.2) is 4.79 Å². The van der Waals surface area contributed by atoms with Crippen LogP contribution in [0.5, 0.6) is 0 Å². The van der Waals surface area contributed by atoms with E-state index in [1.165, 1.54) is 0 Å². The summed E-state index contributed by atoms with van der Waals surface area (Å²) in [5.41, 5.74) is -0.798. The summed E-state index contributed by atoms with van der Waals surface area (Å²) in [4.78, 5) is 26.0. The van der Waals surface area contributed by atoms with E-state index < -0.39 is 50.4 Å². The average Bonchev–Trinajstić information content (AvgIpc) is 3.73. The lowest BCUT2D eigenvalue weighted by molar-refractivity contribution is -0.189. The van der Waals surface area contributed by atoms with Crippen molar-refractivity contribution in [1.29, 1.82) is 0 Å². The van der Waals surface area contributed by atoms with Gasteiger partial charge in [-0.1, -0.05) is 72.8 Å². The zero-order chi connectivity index (χ0) is 36.7. The Labute approximate surface area is 290 Å². The molecule has 0 aromatic heterocycles. The summed E-state index contributed by atoms with van der Waals surface area (Å²) < 4.78 is 24.0. The van der Waals surface area contributed by atoms with E-state index in [4.69, 9.17) is 18.6 Å². The van der Waals surface area contributed by atoms with Gasteiger partial charge in [-0.3, -0.25) is 4.79 Å². The zero-order valence-corrected chi connectivity index (χ0v) is 32.5. The third-order valence-corrected chi connectivity index (χ3v) is 14.7. The number of esters is 1. The van der Waals surface area contributed by atoms with Crippen molar-refractivity contribution >= 4 is 20.4 Å². The molecule has 0 aliphatic carbocycles. The third-order valence-electron chi connectivity index (χ3n) is 10.2. The Morgan fingerprint density at radius 2 is 1.83 bits per heavy atom. The van der Waals surface area contributed by atoms with Crippen LogP contribution < -0.4 is 5.32 Å². The molecular weight excluding hydrogens is 630 g/mol. The van der Waals surface area contributed by atoms with Gasteiger partial charge in [0.05, 0.1) is 24.7 Å². The lowest BCUT2D eigenvalue weighted by atomic mass is 9.88.